The summed E-state index contributed by atoms with van der Waals surface area (Å²) in [6.45, 7) is 4.26. The van der Waals surface area contributed by atoms with Gasteiger partial charge in [-0.15, -0.1) is 0 Å². The summed E-state index contributed by atoms with van der Waals surface area (Å²) in [7, 11) is 0.337. The van der Waals surface area contributed by atoms with Gasteiger partial charge in [-0.25, -0.2) is 0 Å². The van der Waals surface area contributed by atoms with Crippen LogP contribution in [0.25, 0.3) is 0 Å². The molecular formula is C25H46NO3S+. The Morgan fingerprint density at radius 2 is 1.10 bits per heavy atom. The molecule has 30 heavy (non-hydrogen) atoms. The Morgan fingerprint density at radius 3 is 1.50 bits per heavy atom. The lowest BCUT2D eigenvalue weighted by atomic mass is 10.0. The summed E-state index contributed by atoms with van der Waals surface area (Å²) in [5.74, 6) is 0. The third kappa shape index (κ3) is 13.4. The number of hydrogen-bond donors (Lipinski definition) is 1. The molecule has 0 radical (unpaired) electrons. The van der Waals surface area contributed by atoms with Gasteiger partial charge in [-0.2, -0.15) is 8.42 Å². The summed E-state index contributed by atoms with van der Waals surface area (Å²) in [6.07, 6.45) is 19.3. The van der Waals surface area contributed by atoms with Crippen molar-refractivity contribution in [3.8, 4) is 0 Å². The summed E-state index contributed by atoms with van der Waals surface area (Å²) in [6, 6.07) is 6.57. The summed E-state index contributed by atoms with van der Waals surface area (Å²) < 4.78 is 32.2. The van der Waals surface area contributed by atoms with Crippen molar-refractivity contribution in [2.75, 3.05) is 20.6 Å². The first kappa shape index (κ1) is 27.1. The van der Waals surface area contributed by atoms with Crippen LogP contribution in [0.5, 0.6) is 0 Å². The molecule has 1 N–H and O–H groups in total. The maximum atomic E-state index is 11.1. The van der Waals surface area contributed by atoms with Gasteiger partial charge in [0.2, 0.25) is 0 Å². The van der Waals surface area contributed by atoms with Crippen molar-refractivity contribution < 1.29 is 17.5 Å². The third-order valence-electron chi connectivity index (χ3n) is 5.95. The molecule has 0 spiro atoms. The van der Waals surface area contributed by atoms with Crippen LogP contribution in [0.2, 0.25) is 0 Å². The highest BCUT2D eigenvalue weighted by molar-refractivity contribution is 7.85. The van der Waals surface area contributed by atoms with Crippen molar-refractivity contribution >= 4 is 10.1 Å². The Labute approximate surface area is 186 Å². The lowest BCUT2D eigenvalue weighted by molar-refractivity contribution is -0.903. The van der Waals surface area contributed by atoms with E-state index in [-0.39, 0.29) is 4.90 Å². The van der Waals surface area contributed by atoms with Gasteiger partial charge in [0.05, 0.1) is 25.5 Å². The van der Waals surface area contributed by atoms with Gasteiger partial charge in [-0.3, -0.25) is 4.55 Å². The number of benzene rings is 1. The second-order valence-electron chi connectivity index (χ2n) is 9.53. The Morgan fingerprint density at radius 1 is 0.700 bits per heavy atom. The van der Waals surface area contributed by atoms with Crippen molar-refractivity contribution in [3.63, 3.8) is 0 Å². The van der Waals surface area contributed by atoms with E-state index in [1.54, 1.807) is 12.1 Å². The SMILES string of the molecule is CCCCCCCCCCCCCCCC[N+](C)(C)Cc1ccc(S(=O)(=O)O)cc1. The van der Waals surface area contributed by atoms with Gasteiger partial charge < -0.3 is 4.48 Å². The topological polar surface area (TPSA) is 54.4 Å². The Kier molecular flexibility index (Phi) is 13.5. The zero-order valence-corrected chi connectivity index (χ0v) is 20.6. The van der Waals surface area contributed by atoms with Crippen LogP contribution in [-0.4, -0.2) is 38.1 Å². The number of unbranched alkanes of at least 4 members (excludes halogenated alkanes) is 13. The second kappa shape index (κ2) is 15.0. The molecule has 0 atom stereocenters. The molecule has 0 aliphatic heterocycles. The highest BCUT2D eigenvalue weighted by atomic mass is 32.2. The van der Waals surface area contributed by atoms with Gasteiger partial charge in [0.1, 0.15) is 6.54 Å². The van der Waals surface area contributed by atoms with Gasteiger partial charge in [0.25, 0.3) is 10.1 Å². The van der Waals surface area contributed by atoms with E-state index in [2.05, 4.69) is 21.0 Å². The first-order valence-electron chi connectivity index (χ1n) is 12.1. The van der Waals surface area contributed by atoms with E-state index in [9.17, 15) is 8.42 Å². The minimum atomic E-state index is -4.11. The van der Waals surface area contributed by atoms with Crippen molar-refractivity contribution in [1.82, 2.24) is 0 Å². The van der Waals surface area contributed by atoms with Crippen LogP contribution in [0.1, 0.15) is 102 Å². The standard InChI is InChI=1S/C25H45NO3S/c1-4-5-6-7-8-9-10-11-12-13-14-15-16-17-22-26(2,3)23-24-18-20-25(21-19-24)30(27,28)29/h18-21H,4-17,22-23H2,1-3H3/p+1. The molecular weight excluding hydrogens is 394 g/mol. The molecule has 4 nitrogen and oxygen atoms in total. The average molecular weight is 441 g/mol. The lowest BCUT2D eigenvalue weighted by Crippen LogP contribution is -2.39. The highest BCUT2D eigenvalue weighted by Gasteiger charge is 2.16. The minimum absolute atomic E-state index is 0.0384. The van der Waals surface area contributed by atoms with Crippen LogP contribution >= 0.6 is 0 Å². The van der Waals surface area contributed by atoms with E-state index in [0.717, 1.165) is 23.1 Å². The van der Waals surface area contributed by atoms with E-state index in [1.165, 1.54) is 102 Å². The van der Waals surface area contributed by atoms with Gasteiger partial charge >= 0.3 is 0 Å². The van der Waals surface area contributed by atoms with Gasteiger partial charge in [0, 0.05) is 5.56 Å². The van der Waals surface area contributed by atoms with Gasteiger partial charge in [-0.05, 0) is 25.0 Å². The first-order chi connectivity index (χ1) is 14.2. The Balaban J connectivity index is 2.04. The fraction of sp³-hybridized carbons (Fsp3) is 0.760. The molecule has 0 amide bonds. The van der Waals surface area contributed by atoms with Crippen LogP contribution in [0.15, 0.2) is 29.2 Å². The first-order valence-corrected chi connectivity index (χ1v) is 13.6. The molecule has 0 saturated heterocycles. The van der Waals surface area contributed by atoms with Crippen molar-refractivity contribution in [3.05, 3.63) is 29.8 Å². The Hall–Kier alpha value is -0.910. The summed E-state index contributed by atoms with van der Waals surface area (Å²) in [5.41, 5.74) is 1.10. The second-order valence-corrected chi connectivity index (χ2v) is 11.0. The largest absolute Gasteiger partial charge is 0.325 e. The van der Waals surface area contributed by atoms with E-state index >= 15 is 0 Å². The molecule has 1 aromatic rings. The lowest BCUT2D eigenvalue weighted by Gasteiger charge is -2.30. The molecule has 0 heterocycles. The average Bonchev–Trinajstić information content (AvgIpc) is 2.67. The van der Waals surface area contributed by atoms with Crippen LogP contribution in [0, 0.1) is 0 Å². The summed E-state index contributed by atoms with van der Waals surface area (Å²) >= 11 is 0. The fourth-order valence-electron chi connectivity index (χ4n) is 4.07. The molecule has 0 aliphatic carbocycles. The number of hydrogen-bond acceptors (Lipinski definition) is 2. The van der Waals surface area contributed by atoms with E-state index in [1.807, 2.05) is 0 Å². The molecule has 174 valence electrons. The predicted molar refractivity (Wildman–Crippen MR) is 127 cm³/mol. The quantitative estimate of drug-likeness (QED) is 0.152. The van der Waals surface area contributed by atoms with Crippen molar-refractivity contribution in [2.45, 2.75) is 108 Å². The van der Waals surface area contributed by atoms with E-state index in [4.69, 9.17) is 4.55 Å². The normalized spacial score (nSPS) is 12.4. The number of quaternary nitrogens is 1. The molecule has 0 aliphatic rings. The van der Waals surface area contributed by atoms with E-state index in [0.29, 0.717) is 0 Å². The Bertz CT molecular complexity index is 653. The van der Waals surface area contributed by atoms with Crippen LogP contribution in [0.4, 0.5) is 0 Å². The fourth-order valence-corrected chi connectivity index (χ4v) is 4.55. The van der Waals surface area contributed by atoms with Crippen LogP contribution < -0.4 is 0 Å². The minimum Gasteiger partial charge on any atom is -0.325 e. The molecule has 1 aromatic carbocycles. The third-order valence-corrected chi connectivity index (χ3v) is 6.82. The maximum absolute atomic E-state index is 11.1. The van der Waals surface area contributed by atoms with Crippen LogP contribution in [0.3, 0.4) is 0 Å². The number of rotatable bonds is 18. The van der Waals surface area contributed by atoms with E-state index < -0.39 is 10.1 Å². The monoisotopic (exact) mass is 440 g/mol. The van der Waals surface area contributed by atoms with Crippen molar-refractivity contribution in [2.24, 2.45) is 0 Å². The summed E-state index contributed by atoms with van der Waals surface area (Å²) in [5, 5.41) is 0. The summed E-state index contributed by atoms with van der Waals surface area (Å²) in [4.78, 5) is -0.0384. The van der Waals surface area contributed by atoms with Gasteiger partial charge in [-0.1, -0.05) is 96.1 Å². The molecule has 0 unspecified atom stereocenters. The smallest absolute Gasteiger partial charge is 0.294 e. The van der Waals surface area contributed by atoms with Crippen LogP contribution in [-0.2, 0) is 16.7 Å². The molecule has 0 fully saturated rings. The zero-order valence-electron chi connectivity index (χ0n) is 19.7. The molecule has 0 saturated carbocycles. The number of nitrogens with zero attached hydrogens (tertiary/aromatic N) is 1. The molecule has 1 rings (SSSR count). The highest BCUT2D eigenvalue weighted by Crippen LogP contribution is 2.16. The van der Waals surface area contributed by atoms with Crippen molar-refractivity contribution in [1.29, 1.82) is 0 Å². The maximum Gasteiger partial charge on any atom is 0.294 e. The van der Waals surface area contributed by atoms with Gasteiger partial charge in [0.15, 0.2) is 0 Å². The zero-order chi connectivity index (χ0) is 22.3. The molecule has 5 heteroatoms. The molecule has 0 bridgehead atoms. The molecule has 0 aromatic heterocycles. The predicted octanol–water partition coefficient (Wildman–Crippen LogP) is 6.99.